The second-order valence-electron chi connectivity index (χ2n) is 5.31. The van der Waals surface area contributed by atoms with Gasteiger partial charge in [-0.3, -0.25) is 4.79 Å². The van der Waals surface area contributed by atoms with Crippen molar-refractivity contribution in [2.24, 2.45) is 11.8 Å². The van der Waals surface area contributed by atoms with Crippen LogP contribution < -0.4 is 5.32 Å². The van der Waals surface area contributed by atoms with Gasteiger partial charge in [-0.1, -0.05) is 13.8 Å². The quantitative estimate of drug-likeness (QED) is 0.776. The van der Waals surface area contributed by atoms with Crippen LogP contribution >= 0.6 is 0 Å². The lowest BCUT2D eigenvalue weighted by Gasteiger charge is -2.32. The molecule has 0 atom stereocenters. The largest absolute Gasteiger partial charge is 0.343 e. The summed E-state index contributed by atoms with van der Waals surface area (Å²) in [5.74, 6) is 1.65. The molecule has 0 aromatic heterocycles. The summed E-state index contributed by atoms with van der Waals surface area (Å²) < 4.78 is 0. The summed E-state index contributed by atoms with van der Waals surface area (Å²) in [5.41, 5.74) is 0. The Hall–Kier alpha value is -0.570. The first-order valence-corrected chi connectivity index (χ1v) is 6.55. The van der Waals surface area contributed by atoms with Gasteiger partial charge in [-0.2, -0.15) is 0 Å². The van der Waals surface area contributed by atoms with Crippen molar-refractivity contribution in [3.63, 3.8) is 0 Å². The molecule has 3 nitrogen and oxygen atoms in total. The number of nitrogens with zero attached hydrogens (tertiary/aromatic N) is 1. The maximum Gasteiger partial charge on any atom is 0.222 e. The van der Waals surface area contributed by atoms with E-state index in [0.29, 0.717) is 18.2 Å². The average Bonchev–Trinajstić information content (AvgIpc) is 2.26. The molecular weight excluding hydrogens is 200 g/mol. The highest BCUT2D eigenvalue weighted by molar-refractivity contribution is 5.76. The first-order valence-electron chi connectivity index (χ1n) is 6.55. The number of hydrogen-bond acceptors (Lipinski definition) is 2. The highest BCUT2D eigenvalue weighted by Crippen LogP contribution is 2.21. The number of hydrogen-bond donors (Lipinski definition) is 1. The number of nitrogens with one attached hydrogen (secondary N) is 1. The fourth-order valence-electron chi connectivity index (χ4n) is 2.30. The van der Waals surface area contributed by atoms with Gasteiger partial charge >= 0.3 is 0 Å². The number of carbonyl (C=O) groups is 1. The van der Waals surface area contributed by atoms with Gasteiger partial charge in [0.25, 0.3) is 0 Å². The minimum atomic E-state index is 0.349. The molecule has 1 rings (SSSR count). The third-order valence-electron chi connectivity index (χ3n) is 3.35. The molecule has 1 aliphatic rings. The van der Waals surface area contributed by atoms with Crippen molar-refractivity contribution in [3.05, 3.63) is 0 Å². The molecule has 0 aromatic rings. The maximum absolute atomic E-state index is 11.8. The first-order chi connectivity index (χ1) is 7.63. The van der Waals surface area contributed by atoms with Crippen molar-refractivity contribution in [2.45, 2.75) is 39.5 Å². The molecular formula is C13H26N2O. The smallest absolute Gasteiger partial charge is 0.222 e. The first kappa shape index (κ1) is 13.5. The Morgan fingerprint density at radius 1 is 1.38 bits per heavy atom. The highest BCUT2D eigenvalue weighted by Gasteiger charge is 2.22. The number of carbonyl (C=O) groups excluding carboxylic acids is 1. The Morgan fingerprint density at radius 3 is 2.50 bits per heavy atom. The lowest BCUT2D eigenvalue weighted by Crippen LogP contribution is -2.39. The van der Waals surface area contributed by atoms with Crippen molar-refractivity contribution >= 4 is 5.91 Å². The van der Waals surface area contributed by atoms with E-state index in [1.54, 1.807) is 0 Å². The molecule has 1 heterocycles. The minimum absolute atomic E-state index is 0.349. The number of rotatable bonds is 5. The monoisotopic (exact) mass is 226 g/mol. The van der Waals surface area contributed by atoms with Crippen LogP contribution in [0.15, 0.2) is 0 Å². The third kappa shape index (κ3) is 4.52. The standard InChI is InChI=1S/C13H26N2O/c1-11(2)10-13(16)15-8-5-12(6-9-15)4-7-14-3/h11-12,14H,4-10H2,1-3H3. The van der Waals surface area contributed by atoms with E-state index in [-0.39, 0.29) is 0 Å². The molecule has 1 N–H and O–H groups in total. The Morgan fingerprint density at radius 2 is 2.00 bits per heavy atom. The lowest BCUT2D eigenvalue weighted by atomic mass is 9.93. The van der Waals surface area contributed by atoms with E-state index in [1.165, 1.54) is 19.3 Å². The Kier molecular flexibility index (Phi) is 5.81. The molecule has 1 saturated heterocycles. The Bertz CT molecular complexity index is 208. The van der Waals surface area contributed by atoms with Crippen molar-refractivity contribution in [1.82, 2.24) is 10.2 Å². The zero-order valence-corrected chi connectivity index (χ0v) is 11.0. The summed E-state index contributed by atoms with van der Waals surface area (Å²) in [7, 11) is 2.00. The Balaban J connectivity index is 2.23. The number of likely N-dealkylation sites (tertiary alicyclic amines) is 1. The molecule has 0 aromatic carbocycles. The van der Waals surface area contributed by atoms with Crippen molar-refractivity contribution in [2.75, 3.05) is 26.7 Å². The normalized spacial score (nSPS) is 18.1. The van der Waals surface area contributed by atoms with Gasteiger partial charge in [0.05, 0.1) is 0 Å². The predicted octanol–water partition coefficient (Wildman–Crippen LogP) is 1.88. The van der Waals surface area contributed by atoms with Gasteiger partial charge in [0.15, 0.2) is 0 Å². The van der Waals surface area contributed by atoms with Crippen LogP contribution in [0, 0.1) is 11.8 Å². The summed E-state index contributed by atoms with van der Waals surface area (Å²) in [4.78, 5) is 13.9. The summed E-state index contributed by atoms with van der Waals surface area (Å²) in [6.45, 7) is 7.26. The van der Waals surface area contributed by atoms with E-state index >= 15 is 0 Å². The SMILES string of the molecule is CNCCC1CCN(C(=O)CC(C)C)CC1. The van der Waals surface area contributed by atoms with E-state index in [4.69, 9.17) is 0 Å². The van der Waals surface area contributed by atoms with Crippen LogP contribution in [0.2, 0.25) is 0 Å². The molecule has 16 heavy (non-hydrogen) atoms. The number of amides is 1. The summed E-state index contributed by atoms with van der Waals surface area (Å²) in [5, 5.41) is 3.19. The van der Waals surface area contributed by atoms with Crippen LogP contribution in [0.3, 0.4) is 0 Å². The van der Waals surface area contributed by atoms with E-state index in [9.17, 15) is 4.79 Å². The molecule has 94 valence electrons. The molecule has 0 aliphatic carbocycles. The molecule has 0 bridgehead atoms. The van der Waals surface area contributed by atoms with E-state index in [1.807, 2.05) is 7.05 Å². The summed E-state index contributed by atoms with van der Waals surface area (Å²) >= 11 is 0. The minimum Gasteiger partial charge on any atom is -0.343 e. The third-order valence-corrected chi connectivity index (χ3v) is 3.35. The van der Waals surface area contributed by atoms with Crippen molar-refractivity contribution in [3.8, 4) is 0 Å². The zero-order chi connectivity index (χ0) is 12.0. The molecule has 0 unspecified atom stereocenters. The summed E-state index contributed by atoms with van der Waals surface area (Å²) in [6, 6.07) is 0. The molecule has 1 aliphatic heterocycles. The fourth-order valence-corrected chi connectivity index (χ4v) is 2.30. The highest BCUT2D eigenvalue weighted by atomic mass is 16.2. The molecule has 3 heteroatoms. The van der Waals surface area contributed by atoms with Crippen LogP contribution in [0.25, 0.3) is 0 Å². The van der Waals surface area contributed by atoms with Gasteiger partial charge in [0.1, 0.15) is 0 Å². The van der Waals surface area contributed by atoms with Gasteiger partial charge in [-0.15, -0.1) is 0 Å². The van der Waals surface area contributed by atoms with Crippen LogP contribution in [-0.4, -0.2) is 37.5 Å². The van der Waals surface area contributed by atoms with Crippen LogP contribution in [0.5, 0.6) is 0 Å². The van der Waals surface area contributed by atoms with Crippen LogP contribution in [-0.2, 0) is 4.79 Å². The van der Waals surface area contributed by atoms with E-state index in [2.05, 4.69) is 24.1 Å². The molecule has 0 radical (unpaired) electrons. The van der Waals surface area contributed by atoms with Gasteiger partial charge in [-0.05, 0) is 44.7 Å². The van der Waals surface area contributed by atoms with E-state index in [0.717, 1.165) is 25.6 Å². The van der Waals surface area contributed by atoms with Gasteiger partial charge in [0, 0.05) is 19.5 Å². The van der Waals surface area contributed by atoms with Gasteiger partial charge in [0.2, 0.25) is 5.91 Å². The van der Waals surface area contributed by atoms with Gasteiger partial charge < -0.3 is 10.2 Å². The molecule has 0 saturated carbocycles. The fraction of sp³-hybridized carbons (Fsp3) is 0.923. The second-order valence-corrected chi connectivity index (χ2v) is 5.31. The van der Waals surface area contributed by atoms with Crippen molar-refractivity contribution < 1.29 is 4.79 Å². The topological polar surface area (TPSA) is 32.3 Å². The maximum atomic E-state index is 11.8. The van der Waals surface area contributed by atoms with Crippen LogP contribution in [0.4, 0.5) is 0 Å². The second kappa shape index (κ2) is 6.89. The van der Waals surface area contributed by atoms with E-state index < -0.39 is 0 Å². The van der Waals surface area contributed by atoms with Crippen LogP contribution in [0.1, 0.15) is 39.5 Å². The lowest BCUT2D eigenvalue weighted by molar-refractivity contribution is -0.133. The Labute approximate surface area is 99.6 Å². The average molecular weight is 226 g/mol. The zero-order valence-electron chi connectivity index (χ0n) is 11.0. The predicted molar refractivity (Wildman–Crippen MR) is 67.3 cm³/mol. The molecule has 1 fully saturated rings. The number of piperidine rings is 1. The molecule has 0 spiro atoms. The summed E-state index contributed by atoms with van der Waals surface area (Å²) in [6.07, 6.45) is 4.33. The van der Waals surface area contributed by atoms with Crippen molar-refractivity contribution in [1.29, 1.82) is 0 Å². The van der Waals surface area contributed by atoms with Gasteiger partial charge in [-0.25, -0.2) is 0 Å². The molecule has 1 amide bonds.